The SMILES string of the molecule is CCC(C)SC(=O)N1CCC(CN2CC[C@@H](NC(=O)c3cc(Cl)c(N)cc3OC)[C@@H](OC)C2)CC1. The number of carbonyl (C=O) groups is 2. The molecule has 2 aliphatic heterocycles. The number of benzene rings is 1. The number of nitrogens with one attached hydrogen (secondary N) is 1. The fourth-order valence-electron chi connectivity index (χ4n) is 4.71. The Morgan fingerprint density at radius 3 is 2.57 bits per heavy atom. The van der Waals surface area contributed by atoms with Gasteiger partial charge in [-0.25, -0.2) is 0 Å². The molecule has 10 heteroatoms. The largest absolute Gasteiger partial charge is 0.496 e. The number of halogens is 1. The molecule has 3 atom stereocenters. The van der Waals surface area contributed by atoms with E-state index in [9.17, 15) is 9.59 Å². The number of hydrogen-bond acceptors (Lipinski definition) is 7. The van der Waals surface area contributed by atoms with Crippen LogP contribution < -0.4 is 15.8 Å². The van der Waals surface area contributed by atoms with Gasteiger partial charge in [0.2, 0.25) is 0 Å². The van der Waals surface area contributed by atoms with Gasteiger partial charge in [-0.05, 0) is 37.7 Å². The molecule has 8 nitrogen and oxygen atoms in total. The molecule has 0 bridgehead atoms. The molecule has 2 aliphatic rings. The number of amides is 2. The quantitative estimate of drug-likeness (QED) is 0.492. The summed E-state index contributed by atoms with van der Waals surface area (Å²) in [7, 11) is 3.19. The molecule has 196 valence electrons. The topological polar surface area (TPSA) is 97.1 Å². The second kappa shape index (κ2) is 13.0. The van der Waals surface area contributed by atoms with Crippen LogP contribution >= 0.6 is 23.4 Å². The van der Waals surface area contributed by atoms with Crippen LogP contribution in [0.3, 0.4) is 0 Å². The molecule has 1 aromatic rings. The lowest BCUT2D eigenvalue weighted by Crippen LogP contribution is -2.55. The summed E-state index contributed by atoms with van der Waals surface area (Å²) in [4.78, 5) is 29.9. The van der Waals surface area contributed by atoms with Crippen LogP contribution in [-0.4, -0.2) is 85.3 Å². The average molecular weight is 527 g/mol. The lowest BCUT2D eigenvalue weighted by molar-refractivity contribution is -0.000474. The Bertz CT molecular complexity index is 881. The number of hydrogen-bond donors (Lipinski definition) is 2. The second-order valence-electron chi connectivity index (χ2n) is 9.51. The normalized spacial score (nSPS) is 22.6. The Morgan fingerprint density at radius 2 is 1.94 bits per heavy atom. The van der Waals surface area contributed by atoms with Crippen molar-refractivity contribution in [2.24, 2.45) is 5.92 Å². The molecule has 0 aliphatic carbocycles. The number of nitrogens with two attached hydrogens (primary N) is 1. The van der Waals surface area contributed by atoms with Crippen molar-refractivity contribution in [2.45, 2.75) is 56.9 Å². The molecule has 2 saturated heterocycles. The highest BCUT2D eigenvalue weighted by Gasteiger charge is 2.33. The van der Waals surface area contributed by atoms with Crippen molar-refractivity contribution in [1.29, 1.82) is 0 Å². The van der Waals surface area contributed by atoms with Crippen LogP contribution in [0.5, 0.6) is 5.75 Å². The minimum absolute atomic E-state index is 0.109. The second-order valence-corrected chi connectivity index (χ2v) is 11.3. The number of rotatable bonds is 8. The van der Waals surface area contributed by atoms with E-state index in [2.05, 4.69) is 24.1 Å². The Hall–Kier alpha value is -1.68. The highest BCUT2D eigenvalue weighted by molar-refractivity contribution is 8.14. The van der Waals surface area contributed by atoms with Gasteiger partial charge in [-0.1, -0.05) is 37.2 Å². The average Bonchev–Trinajstić information content (AvgIpc) is 2.86. The highest BCUT2D eigenvalue weighted by Crippen LogP contribution is 2.30. The van der Waals surface area contributed by atoms with E-state index in [0.29, 0.717) is 33.2 Å². The number of nitrogens with zero attached hydrogens (tertiary/aromatic N) is 2. The van der Waals surface area contributed by atoms with Gasteiger partial charge < -0.3 is 30.3 Å². The van der Waals surface area contributed by atoms with Gasteiger partial charge in [0.05, 0.1) is 35.5 Å². The summed E-state index contributed by atoms with van der Waals surface area (Å²) < 4.78 is 11.1. The summed E-state index contributed by atoms with van der Waals surface area (Å²) in [5, 5.41) is 4.01. The zero-order chi connectivity index (χ0) is 25.5. The number of nitrogen functional groups attached to an aromatic ring is 1. The van der Waals surface area contributed by atoms with Crippen molar-refractivity contribution in [3.8, 4) is 5.75 Å². The summed E-state index contributed by atoms with van der Waals surface area (Å²) in [5.74, 6) is 0.706. The first-order chi connectivity index (χ1) is 16.7. The molecular weight excluding hydrogens is 488 g/mol. The number of carbonyl (C=O) groups excluding carboxylic acids is 2. The Labute approximate surface area is 218 Å². The van der Waals surface area contributed by atoms with E-state index in [0.717, 1.165) is 58.4 Å². The molecule has 35 heavy (non-hydrogen) atoms. The van der Waals surface area contributed by atoms with Crippen molar-refractivity contribution in [1.82, 2.24) is 15.1 Å². The molecule has 3 N–H and O–H groups in total. The molecule has 2 fully saturated rings. The minimum atomic E-state index is -0.253. The Morgan fingerprint density at radius 1 is 1.23 bits per heavy atom. The molecule has 0 aromatic heterocycles. The number of piperidine rings is 2. The third kappa shape index (κ3) is 7.41. The van der Waals surface area contributed by atoms with E-state index < -0.39 is 0 Å². The fourth-order valence-corrected chi connectivity index (χ4v) is 5.71. The van der Waals surface area contributed by atoms with Crippen molar-refractivity contribution in [3.63, 3.8) is 0 Å². The smallest absolute Gasteiger partial charge is 0.281 e. The third-order valence-electron chi connectivity index (χ3n) is 7.09. The van der Waals surface area contributed by atoms with Crippen molar-refractivity contribution >= 4 is 40.2 Å². The number of ether oxygens (including phenoxy) is 2. The molecule has 0 saturated carbocycles. The van der Waals surface area contributed by atoms with E-state index in [-0.39, 0.29) is 23.3 Å². The van der Waals surface area contributed by atoms with E-state index in [1.165, 1.54) is 18.9 Å². The Balaban J connectivity index is 1.50. The van der Waals surface area contributed by atoms with Crippen molar-refractivity contribution in [3.05, 3.63) is 22.7 Å². The fraction of sp³-hybridized carbons (Fsp3) is 0.680. The van der Waals surface area contributed by atoms with Gasteiger partial charge in [0.25, 0.3) is 11.1 Å². The van der Waals surface area contributed by atoms with Crippen LogP contribution in [0.25, 0.3) is 0 Å². The van der Waals surface area contributed by atoms with Gasteiger partial charge in [0.1, 0.15) is 5.75 Å². The number of methoxy groups -OCH3 is 2. The summed E-state index contributed by atoms with van der Waals surface area (Å²) >= 11 is 7.59. The van der Waals surface area contributed by atoms with Gasteiger partial charge in [-0.2, -0.15) is 0 Å². The predicted molar refractivity (Wildman–Crippen MR) is 143 cm³/mol. The summed E-state index contributed by atoms with van der Waals surface area (Å²) in [6.45, 7) is 8.51. The maximum atomic E-state index is 13.0. The van der Waals surface area contributed by atoms with E-state index in [1.54, 1.807) is 19.2 Å². The van der Waals surface area contributed by atoms with Gasteiger partial charge in [0.15, 0.2) is 0 Å². The number of thioether (sulfide) groups is 1. The monoisotopic (exact) mass is 526 g/mol. The van der Waals surface area contributed by atoms with Crippen LogP contribution in [-0.2, 0) is 4.74 Å². The molecule has 0 spiro atoms. The van der Waals surface area contributed by atoms with Gasteiger partial charge in [-0.15, -0.1) is 0 Å². The van der Waals surface area contributed by atoms with Gasteiger partial charge in [0, 0.05) is 51.1 Å². The highest BCUT2D eigenvalue weighted by atomic mass is 35.5. The van der Waals surface area contributed by atoms with Gasteiger partial charge >= 0.3 is 0 Å². The first-order valence-electron chi connectivity index (χ1n) is 12.4. The van der Waals surface area contributed by atoms with E-state index >= 15 is 0 Å². The van der Waals surface area contributed by atoms with Crippen LogP contribution in [0.2, 0.25) is 5.02 Å². The van der Waals surface area contributed by atoms with Gasteiger partial charge in [-0.3, -0.25) is 9.59 Å². The zero-order valence-corrected chi connectivity index (χ0v) is 22.8. The molecule has 2 amide bonds. The van der Waals surface area contributed by atoms with Crippen LogP contribution in [0.4, 0.5) is 10.5 Å². The predicted octanol–water partition coefficient (Wildman–Crippen LogP) is 4.11. The lowest BCUT2D eigenvalue weighted by atomic mass is 9.94. The summed E-state index contributed by atoms with van der Waals surface area (Å²) in [5.41, 5.74) is 6.57. The zero-order valence-electron chi connectivity index (χ0n) is 21.2. The Kier molecular flexibility index (Phi) is 10.4. The van der Waals surface area contributed by atoms with Crippen molar-refractivity contribution in [2.75, 3.05) is 52.7 Å². The lowest BCUT2D eigenvalue weighted by Gasteiger charge is -2.41. The molecule has 2 heterocycles. The first-order valence-corrected chi connectivity index (χ1v) is 13.7. The molecule has 0 radical (unpaired) electrons. The molecule has 1 aromatic carbocycles. The molecule has 1 unspecified atom stereocenters. The minimum Gasteiger partial charge on any atom is -0.496 e. The summed E-state index contributed by atoms with van der Waals surface area (Å²) in [6.07, 6.45) is 3.73. The van der Waals surface area contributed by atoms with E-state index in [1.807, 2.05) is 4.90 Å². The summed E-state index contributed by atoms with van der Waals surface area (Å²) in [6, 6.07) is 3.00. The maximum absolute atomic E-state index is 13.0. The number of anilines is 1. The molecular formula is C25H39ClN4O4S. The van der Waals surface area contributed by atoms with Crippen molar-refractivity contribution < 1.29 is 19.1 Å². The van der Waals surface area contributed by atoms with Crippen LogP contribution in [0.15, 0.2) is 12.1 Å². The molecule has 3 rings (SSSR count). The maximum Gasteiger partial charge on any atom is 0.281 e. The van der Waals surface area contributed by atoms with Crippen LogP contribution in [0, 0.1) is 5.92 Å². The third-order valence-corrected chi connectivity index (χ3v) is 8.61. The standard InChI is InChI=1S/C25H39ClN4O4S/c1-5-16(2)35-25(32)30-10-6-17(7-11-30)14-29-9-8-21(23(15-29)34-4)28-24(31)18-12-19(26)20(27)13-22(18)33-3/h12-13,16-17,21,23H,5-11,14-15,27H2,1-4H3,(H,28,31)/t16?,21-,23+/m1/s1. The van der Waals surface area contributed by atoms with E-state index in [4.69, 9.17) is 26.8 Å². The number of likely N-dealkylation sites (tertiary alicyclic amines) is 2. The van der Waals surface area contributed by atoms with Crippen LogP contribution in [0.1, 0.15) is 49.9 Å². The first kappa shape index (κ1) is 27.9.